The number of halogens is 1. The molecule has 3 nitrogen and oxygen atoms in total. The van der Waals surface area contributed by atoms with E-state index in [0.29, 0.717) is 11.4 Å². The first kappa shape index (κ1) is 12.4. The molecule has 0 aliphatic carbocycles. The van der Waals surface area contributed by atoms with Gasteiger partial charge in [0.2, 0.25) is 0 Å². The molecule has 0 N–H and O–H groups in total. The van der Waals surface area contributed by atoms with Gasteiger partial charge in [0.05, 0.1) is 12.4 Å². The lowest BCUT2D eigenvalue weighted by molar-refractivity contribution is 0.482. The van der Waals surface area contributed by atoms with Crippen LogP contribution in [-0.2, 0) is 0 Å². The molecule has 0 bridgehead atoms. The molecule has 0 saturated carbocycles. The van der Waals surface area contributed by atoms with E-state index in [1.807, 2.05) is 31.2 Å². The van der Waals surface area contributed by atoms with Gasteiger partial charge in [0.15, 0.2) is 5.75 Å². The van der Waals surface area contributed by atoms with Crippen LogP contribution in [0.5, 0.6) is 11.5 Å². The van der Waals surface area contributed by atoms with Crippen LogP contribution in [0.15, 0.2) is 60.9 Å². The van der Waals surface area contributed by atoms with Crippen LogP contribution < -0.4 is 4.74 Å². The first-order valence-corrected chi connectivity index (χ1v) is 6.26. The maximum absolute atomic E-state index is 13.7. The highest BCUT2D eigenvalue weighted by Gasteiger charge is 2.06. The predicted octanol–water partition coefficient (Wildman–Crippen LogP) is 4.11. The van der Waals surface area contributed by atoms with Crippen molar-refractivity contribution in [3.63, 3.8) is 0 Å². The number of aryl methyl sites for hydroxylation is 1. The summed E-state index contributed by atoms with van der Waals surface area (Å²) in [6.07, 6.45) is 3.21. The van der Waals surface area contributed by atoms with E-state index < -0.39 is 0 Å². The zero-order chi connectivity index (χ0) is 13.9. The second kappa shape index (κ2) is 5.17. The molecule has 3 rings (SSSR count). The highest BCUT2D eigenvalue weighted by molar-refractivity contribution is 5.36. The fourth-order valence-electron chi connectivity index (χ4n) is 1.87. The second-order valence-electron chi connectivity index (χ2n) is 4.49. The van der Waals surface area contributed by atoms with Crippen LogP contribution in [0.1, 0.15) is 5.56 Å². The van der Waals surface area contributed by atoms with Crippen molar-refractivity contribution in [1.29, 1.82) is 0 Å². The Kier molecular flexibility index (Phi) is 3.21. The Hall–Kier alpha value is -2.62. The Morgan fingerprint density at radius 1 is 1.00 bits per heavy atom. The van der Waals surface area contributed by atoms with Crippen LogP contribution in [0.4, 0.5) is 4.39 Å². The number of hydrogen-bond donors (Lipinski definition) is 0. The van der Waals surface area contributed by atoms with E-state index >= 15 is 0 Å². The number of nitrogens with zero attached hydrogens (tertiary/aromatic N) is 2. The van der Waals surface area contributed by atoms with Gasteiger partial charge in [0, 0.05) is 0 Å². The second-order valence-corrected chi connectivity index (χ2v) is 4.49. The number of rotatable bonds is 3. The van der Waals surface area contributed by atoms with Gasteiger partial charge >= 0.3 is 0 Å². The molecule has 3 aromatic rings. The van der Waals surface area contributed by atoms with Crippen LogP contribution >= 0.6 is 0 Å². The Morgan fingerprint density at radius 2 is 1.75 bits per heavy atom. The molecule has 4 heteroatoms. The van der Waals surface area contributed by atoms with Crippen LogP contribution in [0.2, 0.25) is 0 Å². The van der Waals surface area contributed by atoms with Crippen molar-refractivity contribution in [3.05, 3.63) is 72.3 Å². The number of para-hydroxylation sites is 1. The maximum Gasteiger partial charge on any atom is 0.165 e. The fraction of sp³-hybridized carbons (Fsp3) is 0.0625. The van der Waals surface area contributed by atoms with E-state index in [1.165, 1.54) is 16.3 Å². The van der Waals surface area contributed by atoms with E-state index in [4.69, 9.17) is 4.74 Å². The smallest absolute Gasteiger partial charge is 0.165 e. The SMILES string of the molecule is Cc1ccc(Oc2cnn(-c3ccccc3F)c2)cc1. The van der Waals surface area contributed by atoms with Crippen molar-refractivity contribution in [2.24, 2.45) is 0 Å². The molecule has 1 heterocycles. The maximum atomic E-state index is 13.7. The van der Waals surface area contributed by atoms with Gasteiger partial charge < -0.3 is 4.74 Å². The molecule has 100 valence electrons. The van der Waals surface area contributed by atoms with Gasteiger partial charge in [-0.1, -0.05) is 29.8 Å². The first-order valence-electron chi connectivity index (χ1n) is 6.26. The minimum atomic E-state index is -0.322. The minimum Gasteiger partial charge on any atom is -0.454 e. The highest BCUT2D eigenvalue weighted by Crippen LogP contribution is 2.22. The van der Waals surface area contributed by atoms with Gasteiger partial charge in [-0.15, -0.1) is 0 Å². The number of aromatic nitrogens is 2. The minimum absolute atomic E-state index is 0.322. The quantitative estimate of drug-likeness (QED) is 0.714. The third-order valence-electron chi connectivity index (χ3n) is 2.91. The van der Waals surface area contributed by atoms with Gasteiger partial charge in [-0.05, 0) is 31.2 Å². The number of hydrogen-bond acceptors (Lipinski definition) is 2. The van der Waals surface area contributed by atoms with E-state index in [0.717, 1.165) is 5.75 Å². The molecule has 0 saturated heterocycles. The third kappa shape index (κ3) is 2.54. The normalized spacial score (nSPS) is 10.5. The lowest BCUT2D eigenvalue weighted by Crippen LogP contribution is -1.96. The fourth-order valence-corrected chi connectivity index (χ4v) is 1.87. The zero-order valence-corrected chi connectivity index (χ0v) is 11.0. The Morgan fingerprint density at radius 3 is 2.50 bits per heavy atom. The summed E-state index contributed by atoms with van der Waals surface area (Å²) in [4.78, 5) is 0. The Bertz CT molecular complexity index is 719. The summed E-state index contributed by atoms with van der Waals surface area (Å²) in [7, 11) is 0. The number of ether oxygens (including phenoxy) is 1. The summed E-state index contributed by atoms with van der Waals surface area (Å²) in [5, 5.41) is 4.11. The highest BCUT2D eigenvalue weighted by atomic mass is 19.1. The van der Waals surface area contributed by atoms with Gasteiger partial charge in [-0.2, -0.15) is 5.10 Å². The van der Waals surface area contributed by atoms with Crippen LogP contribution in [-0.4, -0.2) is 9.78 Å². The molecule has 0 spiro atoms. The van der Waals surface area contributed by atoms with Gasteiger partial charge in [0.25, 0.3) is 0 Å². The van der Waals surface area contributed by atoms with Crippen molar-refractivity contribution < 1.29 is 9.13 Å². The predicted molar refractivity (Wildman–Crippen MR) is 74.8 cm³/mol. The van der Waals surface area contributed by atoms with E-state index in [1.54, 1.807) is 30.6 Å². The van der Waals surface area contributed by atoms with Crippen molar-refractivity contribution in [2.75, 3.05) is 0 Å². The van der Waals surface area contributed by atoms with Crippen LogP contribution in [0, 0.1) is 12.7 Å². The van der Waals surface area contributed by atoms with E-state index in [9.17, 15) is 4.39 Å². The molecule has 0 unspecified atom stereocenters. The van der Waals surface area contributed by atoms with Crippen molar-refractivity contribution in [3.8, 4) is 17.2 Å². The van der Waals surface area contributed by atoms with Crippen molar-refractivity contribution in [2.45, 2.75) is 6.92 Å². The molecule has 0 radical (unpaired) electrons. The number of benzene rings is 2. The van der Waals surface area contributed by atoms with Gasteiger partial charge in [0.1, 0.15) is 17.3 Å². The van der Waals surface area contributed by atoms with Crippen LogP contribution in [0.25, 0.3) is 5.69 Å². The summed E-state index contributed by atoms with van der Waals surface area (Å²) in [6.45, 7) is 2.01. The molecule has 20 heavy (non-hydrogen) atoms. The average Bonchev–Trinajstić information content (AvgIpc) is 2.90. The van der Waals surface area contributed by atoms with Gasteiger partial charge in [-0.25, -0.2) is 9.07 Å². The van der Waals surface area contributed by atoms with Crippen LogP contribution in [0.3, 0.4) is 0 Å². The Labute approximate surface area is 116 Å². The van der Waals surface area contributed by atoms with Gasteiger partial charge in [-0.3, -0.25) is 0 Å². The molecular formula is C16H13FN2O. The first-order chi connectivity index (χ1) is 9.72. The molecule has 1 aromatic heterocycles. The summed E-state index contributed by atoms with van der Waals surface area (Å²) < 4.78 is 20.8. The summed E-state index contributed by atoms with van der Waals surface area (Å²) >= 11 is 0. The molecule has 0 fully saturated rings. The van der Waals surface area contributed by atoms with E-state index in [-0.39, 0.29) is 5.82 Å². The lowest BCUT2D eigenvalue weighted by atomic mass is 10.2. The molecular weight excluding hydrogens is 255 g/mol. The monoisotopic (exact) mass is 268 g/mol. The largest absolute Gasteiger partial charge is 0.454 e. The zero-order valence-electron chi connectivity index (χ0n) is 11.0. The molecule has 0 amide bonds. The van der Waals surface area contributed by atoms with Crippen molar-refractivity contribution in [1.82, 2.24) is 9.78 Å². The van der Waals surface area contributed by atoms with Crippen molar-refractivity contribution >= 4 is 0 Å². The molecule has 0 aliphatic rings. The standard InChI is InChI=1S/C16H13FN2O/c1-12-6-8-13(9-7-12)20-14-10-18-19(11-14)16-5-3-2-4-15(16)17/h2-11H,1H3. The molecule has 0 atom stereocenters. The summed E-state index contributed by atoms with van der Waals surface area (Å²) in [5.74, 6) is 0.971. The summed E-state index contributed by atoms with van der Waals surface area (Å²) in [5.41, 5.74) is 1.56. The summed E-state index contributed by atoms with van der Waals surface area (Å²) in [6, 6.07) is 14.2. The topological polar surface area (TPSA) is 27.1 Å². The molecule has 2 aromatic carbocycles. The third-order valence-corrected chi connectivity index (χ3v) is 2.91. The Balaban J connectivity index is 1.84. The lowest BCUT2D eigenvalue weighted by Gasteiger charge is -2.03. The molecule has 0 aliphatic heterocycles. The van der Waals surface area contributed by atoms with E-state index in [2.05, 4.69) is 5.10 Å². The average molecular weight is 268 g/mol.